The lowest BCUT2D eigenvalue weighted by Crippen LogP contribution is -2.09. The third-order valence-electron chi connectivity index (χ3n) is 6.40. The van der Waals surface area contributed by atoms with Crippen LogP contribution in [-0.4, -0.2) is 6.10 Å². The van der Waals surface area contributed by atoms with Crippen LogP contribution in [0.4, 0.5) is 0 Å². The van der Waals surface area contributed by atoms with E-state index in [0.717, 1.165) is 6.42 Å². The summed E-state index contributed by atoms with van der Waals surface area (Å²) in [5, 5.41) is 0. The number of ether oxygens (including phenoxy) is 1. The highest BCUT2D eigenvalue weighted by Crippen LogP contribution is 2.17. The minimum absolute atomic E-state index is 0.401. The van der Waals surface area contributed by atoms with Crippen molar-refractivity contribution in [1.82, 2.24) is 0 Å². The van der Waals surface area contributed by atoms with Gasteiger partial charge in [-0.1, -0.05) is 128 Å². The zero-order valence-corrected chi connectivity index (χ0v) is 22.1. The normalized spacial score (nSPS) is 12.7. The molecule has 1 heteroatoms. The van der Waals surface area contributed by atoms with Crippen molar-refractivity contribution in [2.75, 3.05) is 0 Å². The van der Waals surface area contributed by atoms with E-state index in [4.69, 9.17) is 4.74 Å². The van der Waals surface area contributed by atoms with Crippen LogP contribution in [0, 0.1) is 0 Å². The van der Waals surface area contributed by atoms with Crippen LogP contribution in [0.5, 0.6) is 0 Å². The Bertz CT molecular complexity index is 409. The Morgan fingerprint density at radius 2 is 0.938 bits per heavy atom. The van der Waals surface area contributed by atoms with Gasteiger partial charge in [0, 0.05) is 0 Å². The minimum atomic E-state index is 0.401. The van der Waals surface area contributed by atoms with E-state index in [1.54, 1.807) is 6.26 Å². The Morgan fingerprint density at radius 3 is 1.44 bits per heavy atom. The first-order chi connectivity index (χ1) is 15.8. The Morgan fingerprint density at radius 1 is 0.531 bits per heavy atom. The molecule has 1 nitrogen and oxygen atoms in total. The van der Waals surface area contributed by atoms with Crippen LogP contribution in [0.2, 0.25) is 0 Å². The molecule has 0 rings (SSSR count). The Hall–Kier alpha value is -0.980. The van der Waals surface area contributed by atoms with Gasteiger partial charge in [-0.3, -0.25) is 0 Å². The predicted octanol–water partition coefficient (Wildman–Crippen LogP) is 11.2. The summed E-state index contributed by atoms with van der Waals surface area (Å²) in [5.74, 6) is 0. The zero-order chi connectivity index (χ0) is 23.4. The molecule has 32 heavy (non-hydrogen) atoms. The van der Waals surface area contributed by atoms with Gasteiger partial charge in [0.25, 0.3) is 0 Å². The van der Waals surface area contributed by atoms with Crippen molar-refractivity contribution in [3.8, 4) is 0 Å². The molecule has 188 valence electrons. The number of hydrogen-bond acceptors (Lipinski definition) is 1. The molecule has 0 aliphatic rings. The van der Waals surface area contributed by atoms with Crippen molar-refractivity contribution in [1.29, 1.82) is 0 Å². The topological polar surface area (TPSA) is 9.23 Å². The summed E-state index contributed by atoms with van der Waals surface area (Å²) in [5.41, 5.74) is 0. The summed E-state index contributed by atoms with van der Waals surface area (Å²) in [6.45, 7) is 8.33. The van der Waals surface area contributed by atoms with Gasteiger partial charge < -0.3 is 4.74 Å². The Kier molecular flexibility index (Phi) is 27.2. The van der Waals surface area contributed by atoms with E-state index >= 15 is 0 Å². The van der Waals surface area contributed by atoms with Crippen LogP contribution in [0.25, 0.3) is 0 Å². The molecule has 0 saturated heterocycles. The predicted molar refractivity (Wildman–Crippen MR) is 146 cm³/mol. The summed E-state index contributed by atoms with van der Waals surface area (Å²) >= 11 is 0. The van der Waals surface area contributed by atoms with Crippen molar-refractivity contribution >= 4 is 0 Å². The van der Waals surface area contributed by atoms with Crippen LogP contribution >= 0.6 is 0 Å². The molecular formula is C31H58O. The molecule has 0 aliphatic heterocycles. The number of allylic oxidation sites excluding steroid dienone is 4. The maximum Gasteiger partial charge on any atom is 0.0978 e. The number of hydrogen-bond donors (Lipinski definition) is 0. The molecule has 0 aromatic rings. The van der Waals surface area contributed by atoms with Gasteiger partial charge in [-0.2, -0.15) is 0 Å². The van der Waals surface area contributed by atoms with Crippen LogP contribution in [0.3, 0.4) is 0 Å². The number of rotatable bonds is 26. The van der Waals surface area contributed by atoms with E-state index in [1.807, 2.05) is 0 Å². The molecule has 0 radical (unpaired) electrons. The third-order valence-corrected chi connectivity index (χ3v) is 6.40. The molecule has 0 spiro atoms. The van der Waals surface area contributed by atoms with E-state index in [2.05, 4.69) is 44.7 Å². The van der Waals surface area contributed by atoms with Gasteiger partial charge in [0.1, 0.15) is 0 Å². The molecule has 1 atom stereocenters. The van der Waals surface area contributed by atoms with E-state index in [0.29, 0.717) is 6.10 Å². The largest absolute Gasteiger partial charge is 0.499 e. The van der Waals surface area contributed by atoms with E-state index in [9.17, 15) is 0 Å². The van der Waals surface area contributed by atoms with E-state index < -0.39 is 0 Å². The Labute approximate surface area is 203 Å². The molecule has 0 amide bonds. The molecule has 0 fully saturated rings. The molecule has 1 unspecified atom stereocenters. The van der Waals surface area contributed by atoms with Crippen molar-refractivity contribution in [3.05, 3.63) is 37.1 Å². The molecule has 0 aliphatic carbocycles. The first-order valence-corrected chi connectivity index (χ1v) is 14.4. The minimum Gasteiger partial charge on any atom is -0.499 e. The van der Waals surface area contributed by atoms with Gasteiger partial charge in [0.05, 0.1) is 12.4 Å². The van der Waals surface area contributed by atoms with E-state index in [-0.39, 0.29) is 0 Å². The van der Waals surface area contributed by atoms with Crippen LogP contribution < -0.4 is 0 Å². The molecule has 0 N–H and O–H groups in total. The van der Waals surface area contributed by atoms with Crippen molar-refractivity contribution in [2.45, 2.75) is 161 Å². The highest BCUT2D eigenvalue weighted by atomic mass is 16.5. The smallest absolute Gasteiger partial charge is 0.0978 e. The van der Waals surface area contributed by atoms with Gasteiger partial charge in [0.15, 0.2) is 0 Å². The van der Waals surface area contributed by atoms with Crippen LogP contribution in [0.15, 0.2) is 37.1 Å². The SMILES string of the molecule is C=COC(CCCCCCCC/C=C\C/C=C\CCCCC)CCCCCCCCCC. The molecule has 0 saturated carbocycles. The maximum atomic E-state index is 5.78. The second kappa shape index (κ2) is 28.1. The fourth-order valence-corrected chi connectivity index (χ4v) is 4.28. The maximum absolute atomic E-state index is 5.78. The van der Waals surface area contributed by atoms with Crippen LogP contribution in [-0.2, 0) is 4.74 Å². The summed E-state index contributed by atoms with van der Waals surface area (Å²) < 4.78 is 5.78. The van der Waals surface area contributed by atoms with Crippen molar-refractivity contribution in [2.24, 2.45) is 0 Å². The standard InChI is InChI=1S/C31H58O/c1-4-7-9-11-13-15-16-17-18-19-20-21-22-24-26-28-30-31(32-6-3)29-27-25-23-14-12-10-8-5-2/h6,13,15,17-18,31H,3-5,7-12,14,16,19-30H2,1-2H3/b15-13-,18-17-. The van der Waals surface area contributed by atoms with Gasteiger partial charge in [-0.05, 0) is 57.8 Å². The van der Waals surface area contributed by atoms with Crippen LogP contribution in [0.1, 0.15) is 155 Å². The van der Waals surface area contributed by atoms with Gasteiger partial charge in [-0.25, -0.2) is 0 Å². The number of unbranched alkanes of at least 4 members (excludes halogenated alkanes) is 16. The first kappa shape index (κ1) is 31.0. The molecule has 0 aromatic carbocycles. The molecule has 0 aromatic heterocycles. The highest BCUT2D eigenvalue weighted by molar-refractivity contribution is 4.92. The van der Waals surface area contributed by atoms with Crippen molar-refractivity contribution in [3.63, 3.8) is 0 Å². The summed E-state index contributed by atoms with van der Waals surface area (Å²) in [6.07, 6.45) is 40.7. The highest BCUT2D eigenvalue weighted by Gasteiger charge is 2.07. The van der Waals surface area contributed by atoms with Gasteiger partial charge >= 0.3 is 0 Å². The van der Waals surface area contributed by atoms with Crippen molar-refractivity contribution < 1.29 is 4.74 Å². The fourth-order valence-electron chi connectivity index (χ4n) is 4.28. The fraction of sp³-hybridized carbons (Fsp3) is 0.806. The third kappa shape index (κ3) is 25.3. The molecule has 0 bridgehead atoms. The van der Waals surface area contributed by atoms with Gasteiger partial charge in [0.2, 0.25) is 0 Å². The lowest BCUT2D eigenvalue weighted by atomic mass is 10.0. The molecular weight excluding hydrogens is 388 g/mol. The zero-order valence-electron chi connectivity index (χ0n) is 22.1. The quantitative estimate of drug-likeness (QED) is 0.0729. The van der Waals surface area contributed by atoms with Gasteiger partial charge in [-0.15, -0.1) is 0 Å². The Balaban J connectivity index is 3.47. The second-order valence-electron chi connectivity index (χ2n) is 9.56. The average molecular weight is 447 g/mol. The van der Waals surface area contributed by atoms with E-state index in [1.165, 1.54) is 135 Å². The summed E-state index contributed by atoms with van der Waals surface area (Å²) in [6, 6.07) is 0. The summed E-state index contributed by atoms with van der Waals surface area (Å²) in [4.78, 5) is 0. The lowest BCUT2D eigenvalue weighted by Gasteiger charge is -2.16. The summed E-state index contributed by atoms with van der Waals surface area (Å²) in [7, 11) is 0. The lowest BCUT2D eigenvalue weighted by molar-refractivity contribution is 0.121. The second-order valence-corrected chi connectivity index (χ2v) is 9.56. The first-order valence-electron chi connectivity index (χ1n) is 14.4. The average Bonchev–Trinajstić information content (AvgIpc) is 2.80. The molecule has 0 heterocycles. The monoisotopic (exact) mass is 446 g/mol.